The molecule has 110 valence electrons. The molecular formula is C16H19FN4. The zero-order valence-corrected chi connectivity index (χ0v) is 12.8. The van der Waals surface area contributed by atoms with Crippen LogP contribution >= 0.6 is 0 Å². The van der Waals surface area contributed by atoms with Crippen LogP contribution in [-0.4, -0.2) is 19.7 Å². The lowest BCUT2D eigenvalue weighted by molar-refractivity contribution is 0.619. The van der Waals surface area contributed by atoms with Crippen LogP contribution in [0.5, 0.6) is 0 Å². The molecule has 0 amide bonds. The maximum absolute atomic E-state index is 13.3. The van der Waals surface area contributed by atoms with Gasteiger partial charge in [0.05, 0.1) is 12.5 Å². The van der Waals surface area contributed by atoms with Crippen LogP contribution in [0.15, 0.2) is 30.7 Å². The average molecular weight is 286 g/mol. The van der Waals surface area contributed by atoms with Crippen molar-refractivity contribution in [2.45, 2.75) is 34.2 Å². The number of rotatable bonds is 2. The minimum atomic E-state index is -0.207. The van der Waals surface area contributed by atoms with Crippen molar-refractivity contribution in [3.63, 3.8) is 0 Å². The number of imidazole rings is 1. The Hall–Kier alpha value is -2.30. The molecule has 4 nitrogen and oxygen atoms in total. The molecule has 3 aromatic rings. The fraction of sp³-hybridized carbons (Fsp3) is 0.312. The van der Waals surface area contributed by atoms with Gasteiger partial charge >= 0.3 is 0 Å². The van der Waals surface area contributed by atoms with Crippen molar-refractivity contribution in [3.05, 3.63) is 42.1 Å². The number of halogens is 1. The van der Waals surface area contributed by atoms with Crippen molar-refractivity contribution in [3.8, 4) is 11.1 Å². The van der Waals surface area contributed by atoms with Crippen LogP contribution in [0.2, 0.25) is 0 Å². The van der Waals surface area contributed by atoms with Gasteiger partial charge in [-0.05, 0) is 37.1 Å². The van der Waals surface area contributed by atoms with E-state index < -0.39 is 0 Å². The number of hydrogen-bond donors (Lipinski definition) is 0. The molecular weight excluding hydrogens is 267 g/mol. The molecule has 5 heteroatoms. The smallest absolute Gasteiger partial charge is 0.183 e. The molecule has 2 aromatic heterocycles. The molecule has 0 spiro atoms. The molecule has 21 heavy (non-hydrogen) atoms. The highest BCUT2D eigenvalue weighted by molar-refractivity contribution is 5.89. The standard InChI is InChI=1S/C14H13FN4.C2H6/c1-3-19-8-16-13-11(7-17-18-14(13)19)10-4-5-12(15)9(2)6-10;1-2/h4-8H,3H2,1-2H3;1-2H3. The quantitative estimate of drug-likeness (QED) is 0.715. The van der Waals surface area contributed by atoms with Crippen LogP contribution in [0.3, 0.4) is 0 Å². The summed E-state index contributed by atoms with van der Waals surface area (Å²) in [6.45, 7) is 8.56. The third kappa shape index (κ3) is 2.77. The van der Waals surface area contributed by atoms with Gasteiger partial charge in [0.1, 0.15) is 11.3 Å². The Bertz CT molecular complexity index is 749. The van der Waals surface area contributed by atoms with Gasteiger partial charge in [0.25, 0.3) is 0 Å². The number of aromatic nitrogens is 4. The van der Waals surface area contributed by atoms with Gasteiger partial charge in [-0.15, -0.1) is 5.10 Å². The Labute approximate surface area is 123 Å². The number of fused-ring (bicyclic) bond motifs is 1. The summed E-state index contributed by atoms with van der Waals surface area (Å²) in [6.07, 6.45) is 3.42. The summed E-state index contributed by atoms with van der Waals surface area (Å²) >= 11 is 0. The Morgan fingerprint density at radius 3 is 2.67 bits per heavy atom. The van der Waals surface area contributed by atoms with Gasteiger partial charge in [-0.25, -0.2) is 9.37 Å². The zero-order chi connectivity index (χ0) is 15.4. The molecule has 0 unspecified atom stereocenters. The SMILES string of the molecule is CC.CCn1cnc2c(-c3ccc(F)c(C)c3)cnnc21. The lowest BCUT2D eigenvalue weighted by Crippen LogP contribution is -1.95. The van der Waals surface area contributed by atoms with Crippen molar-refractivity contribution in [1.82, 2.24) is 19.7 Å². The van der Waals surface area contributed by atoms with Gasteiger partial charge in [0, 0.05) is 12.1 Å². The minimum Gasteiger partial charge on any atom is -0.314 e. The highest BCUT2D eigenvalue weighted by Gasteiger charge is 2.11. The number of benzene rings is 1. The van der Waals surface area contributed by atoms with Crippen molar-refractivity contribution < 1.29 is 4.39 Å². The Morgan fingerprint density at radius 1 is 1.24 bits per heavy atom. The summed E-state index contributed by atoms with van der Waals surface area (Å²) in [5, 5.41) is 8.13. The molecule has 0 atom stereocenters. The van der Waals surface area contributed by atoms with E-state index in [1.165, 1.54) is 6.07 Å². The van der Waals surface area contributed by atoms with Crippen LogP contribution in [0.4, 0.5) is 4.39 Å². The highest BCUT2D eigenvalue weighted by Crippen LogP contribution is 2.26. The third-order valence-corrected chi connectivity index (χ3v) is 3.21. The van der Waals surface area contributed by atoms with Gasteiger partial charge in [0.2, 0.25) is 0 Å². The predicted octanol–water partition coefficient (Wildman–Crippen LogP) is 3.99. The first-order valence-electron chi connectivity index (χ1n) is 7.13. The summed E-state index contributed by atoms with van der Waals surface area (Å²) < 4.78 is 15.3. The fourth-order valence-electron chi connectivity index (χ4n) is 2.13. The van der Waals surface area contributed by atoms with Crippen molar-refractivity contribution in [2.24, 2.45) is 0 Å². The first kappa shape index (κ1) is 15.1. The van der Waals surface area contributed by atoms with E-state index in [-0.39, 0.29) is 5.82 Å². The van der Waals surface area contributed by atoms with Crippen LogP contribution in [-0.2, 0) is 6.54 Å². The van der Waals surface area contributed by atoms with E-state index in [1.54, 1.807) is 31.6 Å². The Morgan fingerprint density at radius 2 is 2.00 bits per heavy atom. The highest BCUT2D eigenvalue weighted by atomic mass is 19.1. The lowest BCUT2D eigenvalue weighted by atomic mass is 10.0. The maximum atomic E-state index is 13.3. The van der Waals surface area contributed by atoms with Gasteiger partial charge in [-0.3, -0.25) is 0 Å². The van der Waals surface area contributed by atoms with E-state index in [2.05, 4.69) is 15.2 Å². The Kier molecular flexibility index (Phi) is 4.62. The molecule has 0 saturated heterocycles. The summed E-state index contributed by atoms with van der Waals surface area (Å²) in [5.41, 5.74) is 3.93. The van der Waals surface area contributed by atoms with E-state index in [0.717, 1.165) is 28.8 Å². The van der Waals surface area contributed by atoms with Crippen LogP contribution < -0.4 is 0 Å². The molecule has 1 aromatic carbocycles. The van der Waals surface area contributed by atoms with E-state index >= 15 is 0 Å². The monoisotopic (exact) mass is 286 g/mol. The fourth-order valence-corrected chi connectivity index (χ4v) is 2.13. The average Bonchev–Trinajstić information content (AvgIpc) is 2.95. The molecule has 0 saturated carbocycles. The molecule has 0 N–H and O–H groups in total. The summed E-state index contributed by atoms with van der Waals surface area (Å²) in [4.78, 5) is 4.38. The topological polar surface area (TPSA) is 43.6 Å². The van der Waals surface area contributed by atoms with Gasteiger partial charge < -0.3 is 4.57 Å². The molecule has 2 heterocycles. The minimum absolute atomic E-state index is 0.207. The first-order chi connectivity index (χ1) is 10.2. The second kappa shape index (κ2) is 6.43. The normalized spacial score (nSPS) is 10.3. The summed E-state index contributed by atoms with van der Waals surface area (Å²) in [7, 11) is 0. The second-order valence-electron chi connectivity index (χ2n) is 4.43. The van der Waals surface area contributed by atoms with Gasteiger partial charge in [-0.1, -0.05) is 19.9 Å². The second-order valence-corrected chi connectivity index (χ2v) is 4.43. The molecule has 0 bridgehead atoms. The molecule has 0 aliphatic heterocycles. The molecule has 0 aliphatic carbocycles. The van der Waals surface area contributed by atoms with E-state index in [9.17, 15) is 4.39 Å². The molecule has 3 rings (SSSR count). The van der Waals surface area contributed by atoms with Crippen LogP contribution in [0, 0.1) is 12.7 Å². The maximum Gasteiger partial charge on any atom is 0.183 e. The largest absolute Gasteiger partial charge is 0.314 e. The Balaban J connectivity index is 0.000000774. The van der Waals surface area contributed by atoms with Crippen LogP contribution in [0.25, 0.3) is 22.3 Å². The van der Waals surface area contributed by atoms with Gasteiger partial charge in [-0.2, -0.15) is 5.10 Å². The van der Waals surface area contributed by atoms with E-state index in [4.69, 9.17) is 0 Å². The number of hydrogen-bond acceptors (Lipinski definition) is 3. The van der Waals surface area contributed by atoms with Crippen molar-refractivity contribution >= 4 is 11.2 Å². The molecule has 0 aliphatic rings. The van der Waals surface area contributed by atoms with E-state index in [1.807, 2.05) is 25.3 Å². The summed E-state index contributed by atoms with van der Waals surface area (Å²) in [6, 6.07) is 5.01. The zero-order valence-electron chi connectivity index (χ0n) is 12.8. The summed E-state index contributed by atoms with van der Waals surface area (Å²) in [5.74, 6) is -0.207. The number of nitrogens with zero attached hydrogens (tertiary/aromatic N) is 4. The van der Waals surface area contributed by atoms with Crippen molar-refractivity contribution in [1.29, 1.82) is 0 Å². The van der Waals surface area contributed by atoms with E-state index in [0.29, 0.717) is 5.56 Å². The lowest BCUT2D eigenvalue weighted by Gasteiger charge is -2.04. The first-order valence-corrected chi connectivity index (χ1v) is 7.13. The van der Waals surface area contributed by atoms with Crippen LogP contribution in [0.1, 0.15) is 26.3 Å². The van der Waals surface area contributed by atoms with Crippen molar-refractivity contribution in [2.75, 3.05) is 0 Å². The molecule has 0 radical (unpaired) electrons. The van der Waals surface area contributed by atoms with Gasteiger partial charge in [0.15, 0.2) is 5.65 Å². The number of aryl methyl sites for hydroxylation is 2. The molecule has 0 fully saturated rings. The third-order valence-electron chi connectivity index (χ3n) is 3.21. The predicted molar refractivity (Wildman–Crippen MR) is 82.5 cm³/mol.